The number of fused-ring (bicyclic) bond motifs is 1. The van der Waals surface area contributed by atoms with Gasteiger partial charge in [0.05, 0.1) is 29.3 Å². The van der Waals surface area contributed by atoms with Gasteiger partial charge < -0.3 is 4.90 Å². The third kappa shape index (κ3) is 2.65. The maximum Gasteiger partial charge on any atom is 0.261 e. The molecular weight excluding hydrogens is 354 g/mol. The summed E-state index contributed by atoms with van der Waals surface area (Å²) in [7, 11) is 1.79. The molecule has 1 aliphatic heterocycles. The van der Waals surface area contributed by atoms with Gasteiger partial charge in [-0.05, 0) is 31.0 Å². The second-order valence-electron chi connectivity index (χ2n) is 6.89. The van der Waals surface area contributed by atoms with Crippen LogP contribution in [0.3, 0.4) is 0 Å². The van der Waals surface area contributed by atoms with Crippen LogP contribution in [0.4, 0.5) is 5.82 Å². The zero-order valence-electron chi connectivity index (χ0n) is 15.4. The van der Waals surface area contributed by atoms with Crippen LogP contribution in [0.5, 0.6) is 0 Å². The molecule has 0 amide bonds. The van der Waals surface area contributed by atoms with Crippen molar-refractivity contribution in [1.82, 2.24) is 29.3 Å². The fourth-order valence-electron chi connectivity index (χ4n) is 3.84. The number of rotatable bonds is 3. The summed E-state index contributed by atoms with van der Waals surface area (Å²) in [6.45, 7) is 0.838. The lowest BCUT2D eigenvalue weighted by Crippen LogP contribution is -2.31. The van der Waals surface area contributed by atoms with Gasteiger partial charge in [0.25, 0.3) is 5.56 Å². The van der Waals surface area contributed by atoms with Gasteiger partial charge in [-0.1, -0.05) is 12.1 Å². The van der Waals surface area contributed by atoms with Gasteiger partial charge in [-0.15, -0.1) is 0 Å². The van der Waals surface area contributed by atoms with Crippen molar-refractivity contribution < 1.29 is 0 Å². The lowest BCUT2D eigenvalue weighted by molar-refractivity contribution is 0.606. The van der Waals surface area contributed by atoms with E-state index in [0.29, 0.717) is 11.2 Å². The minimum atomic E-state index is -0.0242. The average Bonchev–Trinajstić information content (AvgIpc) is 3.43. The van der Waals surface area contributed by atoms with Crippen LogP contribution in [0.2, 0.25) is 0 Å². The lowest BCUT2D eigenvalue weighted by atomic mass is 10.1. The molecule has 4 heterocycles. The summed E-state index contributed by atoms with van der Waals surface area (Å²) >= 11 is 0. The minimum absolute atomic E-state index is 0.0236. The third-order valence-corrected chi connectivity index (χ3v) is 5.21. The number of hydrogen-bond acceptors (Lipinski definition) is 6. The molecule has 1 aliphatic rings. The van der Waals surface area contributed by atoms with Crippen molar-refractivity contribution in [3.05, 3.63) is 71.3 Å². The number of nitrogens with zero attached hydrogens (tertiary/aromatic N) is 7. The van der Waals surface area contributed by atoms with Crippen LogP contribution >= 0.6 is 0 Å². The van der Waals surface area contributed by atoms with Crippen LogP contribution < -0.4 is 10.5 Å². The first-order chi connectivity index (χ1) is 13.7. The lowest BCUT2D eigenvalue weighted by Gasteiger charge is -2.26. The molecular formula is C20H19N7O. The molecule has 4 aromatic rings. The van der Waals surface area contributed by atoms with E-state index in [1.54, 1.807) is 34.9 Å². The van der Waals surface area contributed by atoms with Crippen molar-refractivity contribution in [3.63, 3.8) is 0 Å². The molecule has 0 bridgehead atoms. The van der Waals surface area contributed by atoms with Gasteiger partial charge in [-0.2, -0.15) is 5.10 Å². The molecule has 1 fully saturated rings. The standard InChI is InChI=1S/C20H19N7O/c1-25-19(23-15-7-3-2-6-14(15)20(25)28)16-8-4-10-26(16)17-12-21-13-18(24-17)27-11-5-9-22-27/h2-3,5-7,9,11-13,16H,4,8,10H2,1H3. The highest BCUT2D eigenvalue weighted by Gasteiger charge is 2.31. The topological polar surface area (TPSA) is 81.7 Å². The summed E-state index contributed by atoms with van der Waals surface area (Å²) in [5, 5.41) is 4.87. The van der Waals surface area contributed by atoms with Crippen LogP contribution in [0.15, 0.2) is 59.9 Å². The van der Waals surface area contributed by atoms with Crippen LogP contribution in [-0.4, -0.2) is 35.8 Å². The van der Waals surface area contributed by atoms with E-state index in [1.807, 2.05) is 36.5 Å². The summed E-state index contributed by atoms with van der Waals surface area (Å²) in [6.07, 6.45) is 8.90. The molecule has 1 unspecified atom stereocenters. The van der Waals surface area contributed by atoms with Crippen molar-refractivity contribution in [2.75, 3.05) is 11.4 Å². The predicted octanol–water partition coefficient (Wildman–Crippen LogP) is 2.25. The molecule has 0 saturated carbocycles. The smallest absolute Gasteiger partial charge is 0.261 e. The van der Waals surface area contributed by atoms with Crippen molar-refractivity contribution in [2.45, 2.75) is 18.9 Å². The van der Waals surface area contributed by atoms with Gasteiger partial charge >= 0.3 is 0 Å². The Kier molecular flexibility index (Phi) is 3.89. The fraction of sp³-hybridized carbons (Fsp3) is 0.250. The molecule has 28 heavy (non-hydrogen) atoms. The van der Waals surface area contributed by atoms with Gasteiger partial charge in [0, 0.05) is 26.0 Å². The molecule has 0 radical (unpaired) electrons. The van der Waals surface area contributed by atoms with E-state index in [-0.39, 0.29) is 11.6 Å². The molecule has 0 spiro atoms. The summed E-state index contributed by atoms with van der Waals surface area (Å²) in [5.41, 5.74) is 0.702. The largest absolute Gasteiger partial charge is 0.345 e. The Labute approximate surface area is 161 Å². The number of aromatic nitrogens is 6. The summed E-state index contributed by atoms with van der Waals surface area (Å²) in [4.78, 5) is 28.9. The van der Waals surface area contributed by atoms with Gasteiger partial charge in [0.2, 0.25) is 0 Å². The minimum Gasteiger partial charge on any atom is -0.345 e. The highest BCUT2D eigenvalue weighted by molar-refractivity contribution is 5.77. The normalized spacial score (nSPS) is 16.8. The summed E-state index contributed by atoms with van der Waals surface area (Å²) in [5.74, 6) is 2.18. The highest BCUT2D eigenvalue weighted by Crippen LogP contribution is 2.34. The molecule has 5 rings (SSSR count). The first-order valence-corrected chi connectivity index (χ1v) is 9.27. The Morgan fingerprint density at radius 2 is 1.93 bits per heavy atom. The second-order valence-corrected chi connectivity index (χ2v) is 6.89. The number of benzene rings is 1. The van der Waals surface area contributed by atoms with Gasteiger partial charge in [-0.25, -0.2) is 14.6 Å². The Balaban J connectivity index is 1.59. The van der Waals surface area contributed by atoms with Crippen molar-refractivity contribution >= 4 is 16.7 Å². The Bertz CT molecular complexity index is 1200. The highest BCUT2D eigenvalue weighted by atomic mass is 16.1. The van der Waals surface area contributed by atoms with Crippen molar-refractivity contribution in [2.24, 2.45) is 7.05 Å². The molecule has 1 atom stereocenters. The SMILES string of the molecule is Cn1c(C2CCCN2c2cncc(-n3cccn3)n2)nc2ccccc2c1=O. The second kappa shape index (κ2) is 6.56. The van der Waals surface area contributed by atoms with E-state index in [2.05, 4.69) is 15.0 Å². The Morgan fingerprint density at radius 1 is 1.07 bits per heavy atom. The number of hydrogen-bond donors (Lipinski definition) is 0. The first-order valence-electron chi connectivity index (χ1n) is 9.27. The summed E-state index contributed by atoms with van der Waals surface area (Å²) < 4.78 is 3.35. The van der Waals surface area contributed by atoms with Crippen LogP contribution in [0, 0.1) is 0 Å². The molecule has 1 saturated heterocycles. The molecule has 8 nitrogen and oxygen atoms in total. The van der Waals surface area contributed by atoms with Gasteiger partial charge in [0.1, 0.15) is 11.6 Å². The van der Waals surface area contributed by atoms with Gasteiger partial charge in [-0.3, -0.25) is 14.3 Å². The quantitative estimate of drug-likeness (QED) is 0.548. The number of para-hydroxylation sites is 1. The zero-order chi connectivity index (χ0) is 19.1. The van der Waals surface area contributed by atoms with E-state index >= 15 is 0 Å². The molecule has 140 valence electrons. The average molecular weight is 373 g/mol. The van der Waals surface area contributed by atoms with Crippen molar-refractivity contribution in [1.29, 1.82) is 0 Å². The van der Waals surface area contributed by atoms with Gasteiger partial charge in [0.15, 0.2) is 5.82 Å². The van der Waals surface area contributed by atoms with Crippen LogP contribution in [0.1, 0.15) is 24.7 Å². The molecule has 8 heteroatoms. The molecule has 1 aromatic carbocycles. The van der Waals surface area contributed by atoms with Crippen LogP contribution in [0.25, 0.3) is 16.7 Å². The first kappa shape index (κ1) is 16.6. The molecule has 0 N–H and O–H groups in total. The third-order valence-electron chi connectivity index (χ3n) is 5.21. The van der Waals surface area contributed by atoms with E-state index in [4.69, 9.17) is 9.97 Å². The van der Waals surface area contributed by atoms with E-state index in [9.17, 15) is 4.79 Å². The fourth-order valence-corrected chi connectivity index (χ4v) is 3.84. The number of anilines is 1. The molecule has 3 aromatic heterocycles. The van der Waals surface area contributed by atoms with E-state index < -0.39 is 0 Å². The van der Waals surface area contributed by atoms with E-state index in [0.717, 1.165) is 36.5 Å². The maximum absolute atomic E-state index is 12.8. The molecule has 0 aliphatic carbocycles. The maximum atomic E-state index is 12.8. The Morgan fingerprint density at radius 3 is 2.79 bits per heavy atom. The van der Waals surface area contributed by atoms with Crippen molar-refractivity contribution in [3.8, 4) is 5.82 Å². The monoisotopic (exact) mass is 373 g/mol. The Hall–Kier alpha value is -3.55. The predicted molar refractivity (Wildman–Crippen MR) is 105 cm³/mol. The zero-order valence-corrected chi connectivity index (χ0v) is 15.4. The summed E-state index contributed by atoms with van der Waals surface area (Å²) in [6, 6.07) is 9.30. The van der Waals surface area contributed by atoms with Crippen LogP contribution in [-0.2, 0) is 7.05 Å². The van der Waals surface area contributed by atoms with E-state index in [1.165, 1.54) is 0 Å².